The van der Waals surface area contributed by atoms with Gasteiger partial charge in [0.15, 0.2) is 0 Å². The Labute approximate surface area is 109 Å². The second-order valence-corrected chi connectivity index (χ2v) is 4.39. The number of hydrogen-bond donors (Lipinski definition) is 1. The van der Waals surface area contributed by atoms with E-state index >= 15 is 0 Å². The Morgan fingerprint density at radius 1 is 1.00 bits per heavy atom. The first-order chi connectivity index (χ1) is 8.92. The summed E-state index contributed by atoms with van der Waals surface area (Å²) in [5, 5.41) is 5.76. The maximum atomic E-state index is 5.87. The lowest BCUT2D eigenvalue weighted by molar-refractivity contribution is 0.309. The molecule has 2 nitrogen and oxygen atoms in total. The van der Waals surface area contributed by atoms with Gasteiger partial charge < -0.3 is 10.1 Å². The monoisotopic (exact) mass is 243 g/mol. The van der Waals surface area contributed by atoms with Crippen LogP contribution in [0.3, 0.4) is 0 Å². The van der Waals surface area contributed by atoms with Gasteiger partial charge >= 0.3 is 0 Å². The Kier molecular flexibility index (Phi) is 5.03. The maximum Gasteiger partial charge on any atom is 0.127 e. The summed E-state index contributed by atoms with van der Waals surface area (Å²) in [4.78, 5) is 0. The quantitative estimate of drug-likeness (QED) is 0.750. The zero-order valence-corrected chi connectivity index (χ0v) is 11.0. The molecule has 2 heteroatoms. The first-order valence-electron chi connectivity index (χ1n) is 6.73. The Morgan fingerprint density at radius 2 is 1.83 bits per heavy atom. The summed E-state index contributed by atoms with van der Waals surface area (Å²) < 4.78 is 5.87. The molecular formula is C16H21NO. The summed E-state index contributed by atoms with van der Waals surface area (Å²) in [5.74, 6) is 0.997. The van der Waals surface area contributed by atoms with Crippen molar-refractivity contribution in [2.24, 2.45) is 0 Å². The van der Waals surface area contributed by atoms with Crippen LogP contribution in [-0.4, -0.2) is 19.7 Å². The molecule has 0 radical (unpaired) electrons. The molecule has 0 amide bonds. The van der Waals surface area contributed by atoms with E-state index in [1.165, 1.54) is 17.2 Å². The standard InChI is InChI=1S/C16H21NO/c1-2-17-12-5-6-13-18-16-11-7-9-14-8-3-4-10-15(14)16/h3-4,7-11,17H,2,5-6,12-13H2,1H3. The summed E-state index contributed by atoms with van der Waals surface area (Å²) in [6.07, 6.45) is 2.26. The summed E-state index contributed by atoms with van der Waals surface area (Å²) in [7, 11) is 0. The van der Waals surface area contributed by atoms with Gasteiger partial charge in [-0.2, -0.15) is 0 Å². The molecule has 0 heterocycles. The van der Waals surface area contributed by atoms with Crippen LogP contribution in [0.4, 0.5) is 0 Å². The van der Waals surface area contributed by atoms with Crippen molar-refractivity contribution >= 4 is 10.8 Å². The predicted octanol–water partition coefficient (Wildman–Crippen LogP) is 3.61. The first-order valence-corrected chi connectivity index (χ1v) is 6.73. The minimum absolute atomic E-state index is 0.791. The van der Waals surface area contributed by atoms with Crippen molar-refractivity contribution in [2.45, 2.75) is 19.8 Å². The minimum atomic E-state index is 0.791. The van der Waals surface area contributed by atoms with Crippen LogP contribution in [0.5, 0.6) is 5.75 Å². The number of fused-ring (bicyclic) bond motifs is 1. The second-order valence-electron chi connectivity index (χ2n) is 4.39. The summed E-state index contributed by atoms with van der Waals surface area (Å²) in [6, 6.07) is 14.6. The van der Waals surface area contributed by atoms with Crippen molar-refractivity contribution < 1.29 is 4.74 Å². The Morgan fingerprint density at radius 3 is 2.72 bits per heavy atom. The number of nitrogens with one attached hydrogen (secondary N) is 1. The van der Waals surface area contributed by atoms with Gasteiger partial charge in [0, 0.05) is 5.39 Å². The van der Waals surface area contributed by atoms with Crippen molar-refractivity contribution in [3.8, 4) is 5.75 Å². The highest BCUT2D eigenvalue weighted by Gasteiger charge is 2.00. The summed E-state index contributed by atoms with van der Waals surface area (Å²) in [6.45, 7) is 5.05. The lowest BCUT2D eigenvalue weighted by Crippen LogP contribution is -2.14. The van der Waals surface area contributed by atoms with Gasteiger partial charge in [-0.1, -0.05) is 43.3 Å². The van der Waals surface area contributed by atoms with Crippen LogP contribution in [0.1, 0.15) is 19.8 Å². The molecule has 0 spiro atoms. The van der Waals surface area contributed by atoms with E-state index in [0.29, 0.717) is 0 Å². The van der Waals surface area contributed by atoms with Gasteiger partial charge in [-0.3, -0.25) is 0 Å². The Hall–Kier alpha value is -1.54. The van der Waals surface area contributed by atoms with E-state index in [1.807, 2.05) is 6.07 Å². The third-order valence-electron chi connectivity index (χ3n) is 3.01. The van der Waals surface area contributed by atoms with E-state index in [2.05, 4.69) is 48.6 Å². The third kappa shape index (κ3) is 3.47. The van der Waals surface area contributed by atoms with Gasteiger partial charge in [-0.15, -0.1) is 0 Å². The maximum absolute atomic E-state index is 5.87. The van der Waals surface area contributed by atoms with E-state index in [9.17, 15) is 0 Å². The van der Waals surface area contributed by atoms with E-state index in [-0.39, 0.29) is 0 Å². The van der Waals surface area contributed by atoms with Crippen LogP contribution >= 0.6 is 0 Å². The summed E-state index contributed by atoms with van der Waals surface area (Å²) in [5.41, 5.74) is 0. The normalized spacial score (nSPS) is 10.7. The second kappa shape index (κ2) is 7.02. The van der Waals surface area contributed by atoms with Crippen LogP contribution in [0, 0.1) is 0 Å². The molecule has 0 saturated heterocycles. The van der Waals surface area contributed by atoms with Crippen molar-refractivity contribution in [2.75, 3.05) is 19.7 Å². The zero-order valence-electron chi connectivity index (χ0n) is 11.0. The number of ether oxygens (including phenoxy) is 1. The van der Waals surface area contributed by atoms with Crippen molar-refractivity contribution in [1.29, 1.82) is 0 Å². The molecule has 0 fully saturated rings. The number of benzene rings is 2. The molecule has 1 N–H and O–H groups in total. The molecule has 0 aliphatic rings. The smallest absolute Gasteiger partial charge is 0.127 e. The molecule has 0 bridgehead atoms. The Balaban J connectivity index is 1.88. The molecular weight excluding hydrogens is 222 g/mol. The van der Waals surface area contributed by atoms with Gasteiger partial charge in [0.05, 0.1) is 6.61 Å². The van der Waals surface area contributed by atoms with E-state index in [4.69, 9.17) is 4.74 Å². The van der Waals surface area contributed by atoms with Gasteiger partial charge in [-0.05, 0) is 37.4 Å². The average molecular weight is 243 g/mol. The van der Waals surface area contributed by atoms with Crippen LogP contribution in [0.25, 0.3) is 10.8 Å². The van der Waals surface area contributed by atoms with Crippen molar-refractivity contribution in [1.82, 2.24) is 5.32 Å². The number of hydrogen-bond acceptors (Lipinski definition) is 2. The van der Waals surface area contributed by atoms with Crippen LogP contribution in [-0.2, 0) is 0 Å². The molecule has 0 saturated carbocycles. The molecule has 18 heavy (non-hydrogen) atoms. The topological polar surface area (TPSA) is 21.3 Å². The van der Waals surface area contributed by atoms with Crippen LogP contribution in [0.2, 0.25) is 0 Å². The molecule has 0 atom stereocenters. The number of rotatable bonds is 7. The van der Waals surface area contributed by atoms with E-state index < -0.39 is 0 Å². The molecule has 2 aromatic rings. The zero-order chi connectivity index (χ0) is 12.6. The number of unbranched alkanes of at least 4 members (excludes halogenated alkanes) is 1. The van der Waals surface area contributed by atoms with Gasteiger partial charge in [-0.25, -0.2) is 0 Å². The molecule has 0 aliphatic heterocycles. The highest BCUT2D eigenvalue weighted by Crippen LogP contribution is 2.25. The van der Waals surface area contributed by atoms with E-state index in [1.54, 1.807) is 0 Å². The predicted molar refractivity (Wildman–Crippen MR) is 77.2 cm³/mol. The fourth-order valence-electron chi connectivity index (χ4n) is 2.03. The highest BCUT2D eigenvalue weighted by atomic mass is 16.5. The Bertz CT molecular complexity index is 476. The largest absolute Gasteiger partial charge is 0.493 e. The van der Waals surface area contributed by atoms with Crippen molar-refractivity contribution in [3.63, 3.8) is 0 Å². The van der Waals surface area contributed by atoms with Gasteiger partial charge in [0.2, 0.25) is 0 Å². The fourth-order valence-corrected chi connectivity index (χ4v) is 2.03. The van der Waals surface area contributed by atoms with Crippen LogP contribution in [0.15, 0.2) is 42.5 Å². The molecule has 2 aromatic carbocycles. The summed E-state index contributed by atoms with van der Waals surface area (Å²) >= 11 is 0. The average Bonchev–Trinajstić information content (AvgIpc) is 2.43. The first kappa shape index (κ1) is 12.9. The molecule has 96 valence electrons. The molecule has 0 aliphatic carbocycles. The van der Waals surface area contributed by atoms with Gasteiger partial charge in [0.1, 0.15) is 5.75 Å². The third-order valence-corrected chi connectivity index (χ3v) is 3.01. The van der Waals surface area contributed by atoms with Crippen molar-refractivity contribution in [3.05, 3.63) is 42.5 Å². The molecule has 0 unspecified atom stereocenters. The van der Waals surface area contributed by atoms with E-state index in [0.717, 1.165) is 31.9 Å². The van der Waals surface area contributed by atoms with Gasteiger partial charge in [0.25, 0.3) is 0 Å². The lowest BCUT2D eigenvalue weighted by atomic mass is 10.1. The van der Waals surface area contributed by atoms with Crippen LogP contribution < -0.4 is 10.1 Å². The lowest BCUT2D eigenvalue weighted by Gasteiger charge is -2.09. The fraction of sp³-hybridized carbons (Fsp3) is 0.375. The highest BCUT2D eigenvalue weighted by molar-refractivity contribution is 5.88. The SMILES string of the molecule is CCNCCCCOc1cccc2ccccc12. The molecule has 0 aromatic heterocycles. The molecule has 2 rings (SSSR count). The minimum Gasteiger partial charge on any atom is -0.493 e.